The Hall–Kier alpha value is -2.55. The van der Waals surface area contributed by atoms with E-state index in [-0.39, 0.29) is 11.6 Å². The van der Waals surface area contributed by atoms with Gasteiger partial charge < -0.3 is 10.1 Å². The number of nitrogens with zero attached hydrogens (tertiary/aromatic N) is 3. The summed E-state index contributed by atoms with van der Waals surface area (Å²) in [7, 11) is 1.60. The number of benzene rings is 1. The summed E-state index contributed by atoms with van der Waals surface area (Å²) >= 11 is 0. The molecule has 0 radical (unpaired) electrons. The number of rotatable bonds is 7. The van der Waals surface area contributed by atoms with Crippen LogP contribution in [-0.4, -0.2) is 53.5 Å². The highest BCUT2D eigenvalue weighted by molar-refractivity contribution is 5.93. The fourth-order valence-electron chi connectivity index (χ4n) is 3.40. The Balaban J connectivity index is 1.68. The van der Waals surface area contributed by atoms with Gasteiger partial charge in [-0.25, -0.2) is 0 Å². The Labute approximate surface area is 161 Å². The van der Waals surface area contributed by atoms with E-state index in [4.69, 9.17) is 4.74 Å². The molecule has 1 amide bonds. The van der Waals surface area contributed by atoms with E-state index in [1.807, 2.05) is 24.3 Å². The Morgan fingerprint density at radius 3 is 2.75 bits per heavy atom. The first-order valence-electron chi connectivity index (χ1n) is 9.11. The van der Waals surface area contributed by atoms with Crippen molar-refractivity contribution in [2.24, 2.45) is 0 Å². The van der Waals surface area contributed by atoms with Crippen molar-refractivity contribution in [3.05, 3.63) is 47.8 Å². The molecule has 1 saturated heterocycles. The minimum atomic E-state index is -4.38. The maximum Gasteiger partial charge on any atom is 0.408 e. The molecular formula is C19H23F3N4O2. The van der Waals surface area contributed by atoms with Gasteiger partial charge in [0.05, 0.1) is 24.9 Å². The fourth-order valence-corrected chi connectivity index (χ4v) is 3.40. The van der Waals surface area contributed by atoms with Crippen molar-refractivity contribution in [3.8, 4) is 5.75 Å². The second-order valence-electron chi connectivity index (χ2n) is 6.79. The summed E-state index contributed by atoms with van der Waals surface area (Å²) in [5, 5.41) is 6.45. The van der Waals surface area contributed by atoms with Crippen LogP contribution in [0, 0.1) is 0 Å². The monoisotopic (exact) mass is 396 g/mol. The number of alkyl halides is 3. The molecule has 152 valence electrons. The number of amides is 1. The molecule has 0 bridgehead atoms. The van der Waals surface area contributed by atoms with Crippen LogP contribution in [0.2, 0.25) is 0 Å². The first kappa shape index (κ1) is 20.2. The maximum absolute atomic E-state index is 12.5. The Morgan fingerprint density at radius 2 is 2.07 bits per heavy atom. The smallest absolute Gasteiger partial charge is 0.408 e. The standard InChI is InChI=1S/C19H23F3N4O2/c1-28-16-6-4-5-14(9-16)17(25-7-2-3-8-25)11-23-18(27)15-10-24-26(12-15)13-19(20,21)22/h4-6,9-10,12,17H,2-3,7-8,11,13H2,1H3,(H,23,27). The molecule has 0 saturated carbocycles. The predicted octanol–water partition coefficient (Wildman–Crippen LogP) is 3.02. The van der Waals surface area contributed by atoms with Gasteiger partial charge in [-0.3, -0.25) is 14.4 Å². The molecule has 3 rings (SSSR count). The molecule has 1 atom stereocenters. The SMILES string of the molecule is COc1cccc(C(CNC(=O)c2cnn(CC(F)(F)F)c2)N2CCCC2)c1. The van der Waals surface area contributed by atoms with Crippen LogP contribution in [0.15, 0.2) is 36.7 Å². The second-order valence-corrected chi connectivity index (χ2v) is 6.79. The zero-order chi connectivity index (χ0) is 20.1. The quantitative estimate of drug-likeness (QED) is 0.782. The highest BCUT2D eigenvalue weighted by Crippen LogP contribution is 2.27. The minimum absolute atomic E-state index is 0.0354. The maximum atomic E-state index is 12.5. The molecule has 2 aromatic rings. The highest BCUT2D eigenvalue weighted by Gasteiger charge is 2.29. The van der Waals surface area contributed by atoms with Gasteiger partial charge >= 0.3 is 6.18 Å². The first-order valence-corrected chi connectivity index (χ1v) is 9.11. The van der Waals surface area contributed by atoms with Crippen molar-refractivity contribution in [2.75, 3.05) is 26.7 Å². The molecule has 1 aromatic heterocycles. The summed E-state index contributed by atoms with van der Waals surface area (Å²) in [5.41, 5.74) is 1.13. The largest absolute Gasteiger partial charge is 0.497 e. The molecule has 1 N–H and O–H groups in total. The van der Waals surface area contributed by atoms with Gasteiger partial charge in [0, 0.05) is 12.7 Å². The van der Waals surface area contributed by atoms with Gasteiger partial charge in [0.1, 0.15) is 12.3 Å². The van der Waals surface area contributed by atoms with Gasteiger partial charge in [0.2, 0.25) is 0 Å². The lowest BCUT2D eigenvalue weighted by atomic mass is 10.0. The number of carbonyl (C=O) groups excluding carboxylic acids is 1. The van der Waals surface area contributed by atoms with Crippen LogP contribution in [0.4, 0.5) is 13.2 Å². The number of hydrogen-bond donors (Lipinski definition) is 1. The Morgan fingerprint density at radius 1 is 1.32 bits per heavy atom. The average molecular weight is 396 g/mol. The van der Waals surface area contributed by atoms with Crippen LogP contribution in [-0.2, 0) is 6.54 Å². The van der Waals surface area contributed by atoms with Gasteiger partial charge in [-0.1, -0.05) is 12.1 Å². The molecule has 1 aliphatic rings. The summed E-state index contributed by atoms with van der Waals surface area (Å²) in [5.74, 6) is 0.293. The number of aromatic nitrogens is 2. The van der Waals surface area contributed by atoms with Crippen molar-refractivity contribution >= 4 is 5.91 Å². The summed E-state index contributed by atoms with van der Waals surface area (Å²) in [4.78, 5) is 14.7. The van der Waals surface area contributed by atoms with Gasteiger partial charge in [0.15, 0.2) is 0 Å². The van der Waals surface area contributed by atoms with Crippen LogP contribution in [0.25, 0.3) is 0 Å². The number of carbonyl (C=O) groups is 1. The normalized spacial score (nSPS) is 16.1. The highest BCUT2D eigenvalue weighted by atomic mass is 19.4. The first-order chi connectivity index (χ1) is 13.4. The van der Waals surface area contributed by atoms with E-state index >= 15 is 0 Å². The molecule has 28 heavy (non-hydrogen) atoms. The summed E-state index contributed by atoms with van der Waals surface area (Å²) in [6.45, 7) is 0.986. The zero-order valence-corrected chi connectivity index (χ0v) is 15.6. The molecule has 1 aliphatic heterocycles. The van der Waals surface area contributed by atoms with E-state index in [1.165, 1.54) is 0 Å². The van der Waals surface area contributed by atoms with E-state index in [0.29, 0.717) is 6.54 Å². The van der Waals surface area contributed by atoms with E-state index in [1.54, 1.807) is 7.11 Å². The van der Waals surface area contributed by atoms with Crippen LogP contribution < -0.4 is 10.1 Å². The zero-order valence-electron chi connectivity index (χ0n) is 15.6. The van der Waals surface area contributed by atoms with E-state index in [0.717, 1.165) is 54.3 Å². The summed E-state index contributed by atoms with van der Waals surface area (Å²) in [6.07, 6.45) is 0.0704. The molecular weight excluding hydrogens is 373 g/mol. The Kier molecular flexibility index (Phi) is 6.23. The van der Waals surface area contributed by atoms with Crippen LogP contribution in [0.1, 0.15) is 34.8 Å². The number of likely N-dealkylation sites (tertiary alicyclic amines) is 1. The topological polar surface area (TPSA) is 59.4 Å². The molecule has 2 heterocycles. The lowest BCUT2D eigenvalue weighted by Crippen LogP contribution is -2.36. The third-order valence-corrected chi connectivity index (χ3v) is 4.75. The van der Waals surface area contributed by atoms with Crippen LogP contribution >= 0.6 is 0 Å². The third-order valence-electron chi connectivity index (χ3n) is 4.75. The predicted molar refractivity (Wildman–Crippen MR) is 97.2 cm³/mol. The van der Waals surface area contributed by atoms with Crippen molar-refractivity contribution in [3.63, 3.8) is 0 Å². The van der Waals surface area contributed by atoms with Gasteiger partial charge in [-0.15, -0.1) is 0 Å². The molecule has 6 nitrogen and oxygen atoms in total. The van der Waals surface area contributed by atoms with Gasteiger partial charge in [0.25, 0.3) is 5.91 Å². The van der Waals surface area contributed by atoms with E-state index in [9.17, 15) is 18.0 Å². The van der Waals surface area contributed by atoms with Crippen molar-refractivity contribution < 1.29 is 22.7 Å². The number of nitrogens with one attached hydrogen (secondary N) is 1. The number of methoxy groups -OCH3 is 1. The number of halogens is 3. The van der Waals surface area contributed by atoms with Crippen LogP contribution in [0.3, 0.4) is 0 Å². The lowest BCUT2D eigenvalue weighted by molar-refractivity contribution is -0.142. The molecule has 1 fully saturated rings. The van der Waals surface area contributed by atoms with Crippen LogP contribution in [0.5, 0.6) is 5.75 Å². The molecule has 9 heteroatoms. The average Bonchev–Trinajstić information content (AvgIpc) is 3.33. The van der Waals surface area contributed by atoms with E-state index < -0.39 is 18.6 Å². The second kappa shape index (κ2) is 8.64. The van der Waals surface area contributed by atoms with Crippen molar-refractivity contribution in [1.82, 2.24) is 20.0 Å². The number of hydrogen-bond acceptors (Lipinski definition) is 4. The number of ether oxygens (including phenoxy) is 1. The van der Waals surface area contributed by atoms with Crippen molar-refractivity contribution in [2.45, 2.75) is 31.6 Å². The summed E-state index contributed by atoms with van der Waals surface area (Å²) < 4.78 is 43.4. The van der Waals surface area contributed by atoms with Gasteiger partial charge in [-0.2, -0.15) is 18.3 Å². The van der Waals surface area contributed by atoms with Gasteiger partial charge in [-0.05, 0) is 43.6 Å². The molecule has 0 aliphatic carbocycles. The fraction of sp³-hybridized carbons (Fsp3) is 0.474. The minimum Gasteiger partial charge on any atom is -0.497 e. The molecule has 0 spiro atoms. The van der Waals surface area contributed by atoms with E-state index in [2.05, 4.69) is 15.3 Å². The Bertz CT molecular complexity index is 800. The third kappa shape index (κ3) is 5.25. The molecule has 1 aromatic carbocycles. The summed E-state index contributed by atoms with van der Waals surface area (Å²) in [6, 6.07) is 7.65. The lowest BCUT2D eigenvalue weighted by Gasteiger charge is -2.28. The van der Waals surface area contributed by atoms with Crippen molar-refractivity contribution in [1.29, 1.82) is 0 Å². The molecule has 1 unspecified atom stereocenters.